The highest BCUT2D eigenvalue weighted by molar-refractivity contribution is 6.02. The highest BCUT2D eigenvalue weighted by atomic mass is 16.5. The Morgan fingerprint density at radius 3 is 2.59 bits per heavy atom. The van der Waals surface area contributed by atoms with Crippen LogP contribution in [0.5, 0.6) is 11.5 Å². The van der Waals surface area contributed by atoms with Crippen LogP contribution in [0.25, 0.3) is 10.8 Å². The van der Waals surface area contributed by atoms with Crippen LogP contribution in [0, 0.1) is 0 Å². The van der Waals surface area contributed by atoms with Crippen molar-refractivity contribution >= 4 is 22.9 Å². The van der Waals surface area contributed by atoms with E-state index in [1.165, 1.54) is 5.56 Å². The molecule has 1 N–H and O–H groups in total. The van der Waals surface area contributed by atoms with E-state index in [0.717, 1.165) is 22.8 Å². The van der Waals surface area contributed by atoms with Crippen molar-refractivity contribution in [3.63, 3.8) is 0 Å². The predicted octanol–water partition coefficient (Wildman–Crippen LogP) is 4.89. The molecule has 3 aromatic carbocycles. The fourth-order valence-electron chi connectivity index (χ4n) is 3.07. The number of carbonyl (C=O) groups excluding carboxylic acids is 1. The number of nitrogens with one attached hydrogen (secondary N) is 1. The maximum absolute atomic E-state index is 12.1. The summed E-state index contributed by atoms with van der Waals surface area (Å²) in [6, 6.07) is 19.7. The molecule has 3 rings (SSSR count). The molecule has 0 unspecified atom stereocenters. The summed E-state index contributed by atoms with van der Waals surface area (Å²) in [7, 11) is 1.61. The van der Waals surface area contributed by atoms with Crippen LogP contribution in [0.1, 0.15) is 37.3 Å². The van der Waals surface area contributed by atoms with Gasteiger partial charge in [-0.05, 0) is 46.9 Å². The van der Waals surface area contributed by atoms with Gasteiger partial charge < -0.3 is 9.47 Å². The fraction of sp³-hybridized carbons (Fsp3) is 0.250. The van der Waals surface area contributed by atoms with Gasteiger partial charge in [0.1, 0.15) is 11.5 Å². The minimum absolute atomic E-state index is 0.104. The lowest BCUT2D eigenvalue weighted by atomic mass is 9.99. The van der Waals surface area contributed by atoms with E-state index in [0.29, 0.717) is 17.4 Å². The number of hydrogen-bond donors (Lipinski definition) is 1. The van der Waals surface area contributed by atoms with Crippen molar-refractivity contribution < 1.29 is 14.3 Å². The minimum Gasteiger partial charge on any atom is -0.496 e. The molecule has 150 valence electrons. The summed E-state index contributed by atoms with van der Waals surface area (Å²) >= 11 is 0. The number of amides is 1. The second-order valence-electron chi connectivity index (χ2n) is 6.86. The molecular weight excluding hydrogens is 364 g/mol. The van der Waals surface area contributed by atoms with Crippen molar-refractivity contribution in [2.75, 3.05) is 13.7 Å². The summed E-state index contributed by atoms with van der Waals surface area (Å²) in [5.41, 5.74) is 4.58. The van der Waals surface area contributed by atoms with Gasteiger partial charge >= 0.3 is 0 Å². The maximum atomic E-state index is 12.1. The lowest BCUT2D eigenvalue weighted by Gasteiger charge is -2.10. The Kier molecular flexibility index (Phi) is 6.85. The molecule has 0 saturated carbocycles. The SMILES string of the molecule is CC[C@H](C)c1ccc(OCC(=O)N/N=C\c2c(OC)ccc3ccccc23)cc1. The summed E-state index contributed by atoms with van der Waals surface area (Å²) in [5.74, 6) is 1.53. The molecule has 3 aromatic rings. The topological polar surface area (TPSA) is 59.9 Å². The van der Waals surface area contributed by atoms with Crippen molar-refractivity contribution in [2.45, 2.75) is 26.2 Å². The Morgan fingerprint density at radius 1 is 1.10 bits per heavy atom. The van der Waals surface area contributed by atoms with Gasteiger partial charge in [-0.1, -0.05) is 56.3 Å². The molecule has 0 spiro atoms. The Balaban J connectivity index is 1.60. The lowest BCUT2D eigenvalue weighted by molar-refractivity contribution is -0.123. The molecule has 0 aliphatic rings. The number of benzene rings is 3. The van der Waals surface area contributed by atoms with Crippen LogP contribution >= 0.6 is 0 Å². The van der Waals surface area contributed by atoms with E-state index in [-0.39, 0.29) is 12.5 Å². The van der Waals surface area contributed by atoms with Crippen molar-refractivity contribution in [1.82, 2.24) is 5.43 Å². The van der Waals surface area contributed by atoms with Gasteiger partial charge in [0.25, 0.3) is 5.91 Å². The van der Waals surface area contributed by atoms with Crippen LogP contribution in [-0.2, 0) is 4.79 Å². The largest absolute Gasteiger partial charge is 0.496 e. The Morgan fingerprint density at radius 2 is 1.86 bits per heavy atom. The molecule has 1 atom stereocenters. The zero-order valence-corrected chi connectivity index (χ0v) is 17.0. The highest BCUT2D eigenvalue weighted by Crippen LogP contribution is 2.26. The molecule has 0 saturated heterocycles. The molecular formula is C24H26N2O3. The Hall–Kier alpha value is -3.34. The molecule has 1 amide bonds. The number of ether oxygens (including phenoxy) is 2. The summed E-state index contributed by atoms with van der Waals surface area (Å²) in [4.78, 5) is 12.1. The van der Waals surface area contributed by atoms with Crippen molar-refractivity contribution in [3.05, 3.63) is 71.8 Å². The van der Waals surface area contributed by atoms with E-state index in [1.807, 2.05) is 60.7 Å². The van der Waals surface area contributed by atoms with Gasteiger partial charge in [0.2, 0.25) is 0 Å². The number of fused-ring (bicyclic) bond motifs is 1. The van der Waals surface area contributed by atoms with E-state index in [1.54, 1.807) is 13.3 Å². The number of rotatable bonds is 8. The van der Waals surface area contributed by atoms with Gasteiger partial charge in [-0.3, -0.25) is 4.79 Å². The van der Waals surface area contributed by atoms with Crippen molar-refractivity contribution in [2.24, 2.45) is 5.10 Å². The first-order valence-electron chi connectivity index (χ1n) is 9.72. The van der Waals surface area contributed by atoms with E-state index in [4.69, 9.17) is 9.47 Å². The number of hydrogen-bond acceptors (Lipinski definition) is 4. The van der Waals surface area contributed by atoms with Gasteiger partial charge in [-0.15, -0.1) is 0 Å². The molecule has 5 heteroatoms. The van der Waals surface area contributed by atoms with Crippen LogP contribution < -0.4 is 14.9 Å². The highest BCUT2D eigenvalue weighted by Gasteiger charge is 2.07. The van der Waals surface area contributed by atoms with E-state index >= 15 is 0 Å². The average molecular weight is 390 g/mol. The van der Waals surface area contributed by atoms with Gasteiger partial charge in [0, 0.05) is 5.56 Å². The van der Waals surface area contributed by atoms with E-state index in [2.05, 4.69) is 24.4 Å². The zero-order chi connectivity index (χ0) is 20.6. The molecule has 0 aromatic heterocycles. The summed E-state index contributed by atoms with van der Waals surface area (Å²) in [6.07, 6.45) is 2.68. The first-order chi connectivity index (χ1) is 14.1. The van der Waals surface area contributed by atoms with Gasteiger partial charge in [0.05, 0.1) is 13.3 Å². The van der Waals surface area contributed by atoms with Crippen LogP contribution in [0.15, 0.2) is 65.8 Å². The van der Waals surface area contributed by atoms with Crippen LogP contribution in [0.3, 0.4) is 0 Å². The Bertz CT molecular complexity index is 997. The number of nitrogens with zero attached hydrogens (tertiary/aromatic N) is 1. The van der Waals surface area contributed by atoms with Gasteiger partial charge in [0.15, 0.2) is 6.61 Å². The average Bonchev–Trinajstić information content (AvgIpc) is 2.77. The lowest BCUT2D eigenvalue weighted by Crippen LogP contribution is -2.24. The predicted molar refractivity (Wildman–Crippen MR) is 117 cm³/mol. The second-order valence-corrected chi connectivity index (χ2v) is 6.86. The summed E-state index contributed by atoms with van der Waals surface area (Å²) < 4.78 is 11.0. The molecule has 0 aliphatic heterocycles. The number of methoxy groups -OCH3 is 1. The van der Waals surface area contributed by atoms with Gasteiger partial charge in [-0.2, -0.15) is 5.10 Å². The molecule has 0 heterocycles. The smallest absolute Gasteiger partial charge is 0.277 e. The molecule has 0 fully saturated rings. The first-order valence-corrected chi connectivity index (χ1v) is 9.72. The summed E-state index contributed by atoms with van der Waals surface area (Å²) in [6.45, 7) is 4.24. The van der Waals surface area contributed by atoms with E-state index in [9.17, 15) is 4.79 Å². The minimum atomic E-state index is -0.327. The molecule has 0 aliphatic carbocycles. The molecule has 0 radical (unpaired) electrons. The zero-order valence-electron chi connectivity index (χ0n) is 17.0. The Labute approximate surface area is 171 Å². The number of hydrazone groups is 1. The number of carbonyl (C=O) groups is 1. The molecule has 29 heavy (non-hydrogen) atoms. The first kappa shape index (κ1) is 20.4. The van der Waals surface area contributed by atoms with E-state index < -0.39 is 0 Å². The van der Waals surface area contributed by atoms with Crippen molar-refractivity contribution in [1.29, 1.82) is 0 Å². The molecule has 5 nitrogen and oxygen atoms in total. The van der Waals surface area contributed by atoms with Crippen LogP contribution in [0.2, 0.25) is 0 Å². The van der Waals surface area contributed by atoms with Crippen LogP contribution in [0.4, 0.5) is 0 Å². The maximum Gasteiger partial charge on any atom is 0.277 e. The molecule has 0 bridgehead atoms. The second kappa shape index (κ2) is 9.73. The third kappa shape index (κ3) is 5.13. The quantitative estimate of drug-likeness (QED) is 0.440. The standard InChI is InChI=1S/C24H26N2O3/c1-4-17(2)18-9-12-20(13-10-18)29-16-24(27)26-25-15-22-21-8-6-5-7-19(21)11-14-23(22)28-3/h5-15,17H,4,16H2,1-3H3,(H,26,27)/b25-15-/t17-/m0/s1. The van der Waals surface area contributed by atoms with Gasteiger partial charge in [-0.25, -0.2) is 5.43 Å². The van der Waals surface area contributed by atoms with Crippen molar-refractivity contribution in [3.8, 4) is 11.5 Å². The summed E-state index contributed by atoms with van der Waals surface area (Å²) in [5, 5.41) is 6.15. The third-order valence-electron chi connectivity index (χ3n) is 4.96. The monoisotopic (exact) mass is 390 g/mol. The fourth-order valence-corrected chi connectivity index (χ4v) is 3.07. The third-order valence-corrected chi connectivity index (χ3v) is 4.96. The normalized spacial score (nSPS) is 12.1. The van der Waals surface area contributed by atoms with Crippen LogP contribution in [-0.4, -0.2) is 25.8 Å².